The normalized spacial score (nSPS) is 11.9. The predicted molar refractivity (Wildman–Crippen MR) is 124 cm³/mol. The highest BCUT2D eigenvalue weighted by Crippen LogP contribution is 2.32. The van der Waals surface area contributed by atoms with Crippen molar-refractivity contribution in [1.82, 2.24) is 0 Å². The number of nitrogens with zero attached hydrogens (tertiary/aromatic N) is 1. The lowest BCUT2D eigenvalue weighted by atomic mass is 10.0. The van der Waals surface area contributed by atoms with E-state index in [4.69, 9.17) is 5.11 Å². The van der Waals surface area contributed by atoms with Gasteiger partial charge in [-0.05, 0) is 65.1 Å². The van der Waals surface area contributed by atoms with Crippen LogP contribution in [0.2, 0.25) is 0 Å². The van der Waals surface area contributed by atoms with E-state index >= 15 is 0 Å². The van der Waals surface area contributed by atoms with Gasteiger partial charge in [-0.1, -0.05) is 60.7 Å². The summed E-state index contributed by atoms with van der Waals surface area (Å²) in [5.74, 6) is -0.951. The van der Waals surface area contributed by atoms with Crippen molar-refractivity contribution in [2.45, 2.75) is 12.8 Å². The minimum absolute atomic E-state index is 0.252. The Kier molecular flexibility index (Phi) is 6.11. The van der Waals surface area contributed by atoms with Crippen LogP contribution in [-0.4, -0.2) is 19.8 Å². The molecule has 0 saturated heterocycles. The summed E-state index contributed by atoms with van der Waals surface area (Å²) in [6.45, 7) is 0. The van der Waals surface area contributed by atoms with E-state index in [-0.39, 0.29) is 5.56 Å². The summed E-state index contributed by atoms with van der Waals surface area (Å²) in [4.78, 5) is 11.0. The minimum atomic E-state index is -2.25. The summed E-state index contributed by atoms with van der Waals surface area (Å²) in [5.41, 5.74) is 3.49. The van der Waals surface area contributed by atoms with E-state index in [0.29, 0.717) is 24.2 Å². The molecule has 156 valence electrons. The molecule has 0 spiro atoms. The zero-order chi connectivity index (χ0) is 21.8. The fourth-order valence-electron chi connectivity index (χ4n) is 3.63. The molecule has 0 aliphatic rings. The topological polar surface area (TPSA) is 77.8 Å². The molecule has 31 heavy (non-hydrogen) atoms. The highest BCUT2D eigenvalue weighted by Gasteiger charge is 2.18. The number of hydrogen-bond donors (Lipinski definition) is 2. The lowest BCUT2D eigenvalue weighted by molar-refractivity contribution is 0.0697. The Bertz CT molecular complexity index is 1250. The van der Waals surface area contributed by atoms with Crippen LogP contribution in [0.15, 0.2) is 91.0 Å². The van der Waals surface area contributed by atoms with Crippen LogP contribution in [0.4, 0.5) is 11.4 Å². The lowest BCUT2D eigenvalue weighted by Crippen LogP contribution is -2.20. The maximum Gasteiger partial charge on any atom is 0.335 e. The van der Waals surface area contributed by atoms with Crippen molar-refractivity contribution in [2.24, 2.45) is 0 Å². The van der Waals surface area contributed by atoms with Gasteiger partial charge in [-0.2, -0.15) is 0 Å². The van der Waals surface area contributed by atoms with Crippen LogP contribution < -0.4 is 4.31 Å². The number of fused-ring (bicyclic) bond motifs is 1. The average Bonchev–Trinajstić information content (AvgIpc) is 2.78. The maximum absolute atomic E-state index is 12.3. The van der Waals surface area contributed by atoms with E-state index in [2.05, 4.69) is 0 Å². The summed E-state index contributed by atoms with van der Waals surface area (Å²) in [6.07, 6.45) is 1.32. The van der Waals surface area contributed by atoms with Crippen molar-refractivity contribution in [3.8, 4) is 0 Å². The molecule has 0 radical (unpaired) electrons. The summed E-state index contributed by atoms with van der Waals surface area (Å²) in [7, 11) is 0. The highest BCUT2D eigenvalue weighted by atomic mass is 32.2. The Labute approximate surface area is 183 Å². The Morgan fingerprint density at radius 3 is 2.19 bits per heavy atom. The fraction of sp³-hybridized carbons (Fsp3) is 0.0800. The smallest absolute Gasteiger partial charge is 0.335 e. The standard InChI is InChI=1S/C25H21NO4S/c27-25(28)21-13-10-18(11-14-21)9-12-20-6-3-4-8-24(20)26(31(29)30)23-16-15-19-5-1-2-7-22(19)17-23/h1-8,10-11,13-17H,9,12H2,(H,27,28)(H,29,30). The number of carboxylic acid groups (broad SMARTS) is 1. The zero-order valence-corrected chi connectivity index (χ0v) is 17.5. The van der Waals surface area contributed by atoms with Crippen molar-refractivity contribution in [3.05, 3.63) is 108 Å². The molecule has 4 aromatic rings. The zero-order valence-electron chi connectivity index (χ0n) is 16.6. The van der Waals surface area contributed by atoms with Gasteiger partial charge in [0.25, 0.3) is 11.3 Å². The number of carboxylic acids is 1. The van der Waals surface area contributed by atoms with Gasteiger partial charge >= 0.3 is 5.97 Å². The molecule has 0 heterocycles. The number of aryl methyl sites for hydroxylation is 2. The quantitative estimate of drug-likeness (QED) is 0.374. The third kappa shape index (κ3) is 4.66. The second kappa shape index (κ2) is 9.12. The summed E-state index contributed by atoms with van der Waals surface area (Å²) in [6, 6.07) is 27.9. The molecular weight excluding hydrogens is 410 g/mol. The molecule has 4 aromatic carbocycles. The molecule has 0 aliphatic heterocycles. The summed E-state index contributed by atoms with van der Waals surface area (Å²) in [5, 5.41) is 11.1. The number of rotatable bonds is 7. The van der Waals surface area contributed by atoms with Crippen LogP contribution in [-0.2, 0) is 24.1 Å². The average molecular weight is 432 g/mol. The Morgan fingerprint density at radius 2 is 1.48 bits per heavy atom. The lowest BCUT2D eigenvalue weighted by Gasteiger charge is -2.23. The second-order valence-corrected chi connectivity index (χ2v) is 8.01. The molecule has 0 saturated carbocycles. The van der Waals surface area contributed by atoms with Gasteiger partial charge in [-0.15, -0.1) is 0 Å². The van der Waals surface area contributed by atoms with Gasteiger partial charge < -0.3 is 5.11 Å². The molecule has 2 N–H and O–H groups in total. The molecule has 1 atom stereocenters. The van der Waals surface area contributed by atoms with Crippen LogP contribution in [0.5, 0.6) is 0 Å². The number of benzene rings is 4. The second-order valence-electron chi connectivity index (χ2n) is 7.19. The third-order valence-electron chi connectivity index (χ3n) is 5.22. The first-order valence-corrected chi connectivity index (χ1v) is 10.9. The predicted octanol–water partition coefficient (Wildman–Crippen LogP) is 5.60. The van der Waals surface area contributed by atoms with Crippen LogP contribution >= 0.6 is 0 Å². The highest BCUT2D eigenvalue weighted by molar-refractivity contribution is 7.81. The molecule has 0 aliphatic carbocycles. The number of carbonyl (C=O) groups is 1. The molecule has 6 heteroatoms. The molecule has 4 rings (SSSR count). The third-order valence-corrected chi connectivity index (χ3v) is 5.94. The van der Waals surface area contributed by atoms with E-state index in [9.17, 15) is 13.6 Å². The maximum atomic E-state index is 12.3. The van der Waals surface area contributed by atoms with E-state index < -0.39 is 17.2 Å². The van der Waals surface area contributed by atoms with Crippen molar-refractivity contribution < 1.29 is 18.7 Å². The monoisotopic (exact) mass is 431 g/mol. The van der Waals surface area contributed by atoms with Gasteiger partial charge in [-0.25, -0.2) is 13.3 Å². The SMILES string of the molecule is O=C(O)c1ccc(CCc2ccccc2N(c2ccc3ccccc3c2)S(=O)O)cc1. The van der Waals surface area contributed by atoms with Crippen molar-refractivity contribution in [2.75, 3.05) is 4.31 Å². The van der Waals surface area contributed by atoms with E-state index in [1.54, 1.807) is 24.3 Å². The van der Waals surface area contributed by atoms with Crippen LogP contribution in [0, 0.1) is 0 Å². The molecule has 0 bridgehead atoms. The van der Waals surface area contributed by atoms with E-state index in [0.717, 1.165) is 21.9 Å². The first kappa shape index (κ1) is 20.8. The van der Waals surface area contributed by atoms with Crippen LogP contribution in [0.1, 0.15) is 21.5 Å². The van der Waals surface area contributed by atoms with Crippen LogP contribution in [0.3, 0.4) is 0 Å². The number of hydrogen-bond acceptors (Lipinski definition) is 2. The molecular formula is C25H21NO4S. The van der Waals surface area contributed by atoms with Crippen molar-refractivity contribution in [1.29, 1.82) is 0 Å². The van der Waals surface area contributed by atoms with Gasteiger partial charge in [0, 0.05) is 0 Å². The van der Waals surface area contributed by atoms with Crippen molar-refractivity contribution in [3.63, 3.8) is 0 Å². The van der Waals surface area contributed by atoms with Crippen LogP contribution in [0.25, 0.3) is 10.8 Å². The van der Waals surface area contributed by atoms with E-state index in [1.165, 1.54) is 4.31 Å². The Hall–Kier alpha value is -3.48. The minimum Gasteiger partial charge on any atom is -0.478 e. The summed E-state index contributed by atoms with van der Waals surface area (Å²) < 4.78 is 23.9. The first-order valence-electron chi connectivity index (χ1n) is 9.83. The first-order chi connectivity index (χ1) is 15.0. The van der Waals surface area contributed by atoms with Gasteiger partial charge in [-0.3, -0.25) is 4.55 Å². The largest absolute Gasteiger partial charge is 0.478 e. The Balaban J connectivity index is 1.64. The van der Waals surface area contributed by atoms with E-state index in [1.807, 2.05) is 66.7 Å². The summed E-state index contributed by atoms with van der Waals surface area (Å²) >= 11 is -2.25. The number of anilines is 2. The Morgan fingerprint density at radius 1 is 0.806 bits per heavy atom. The fourth-order valence-corrected chi connectivity index (χ4v) is 4.27. The van der Waals surface area contributed by atoms with Gasteiger partial charge in [0.15, 0.2) is 0 Å². The molecule has 0 fully saturated rings. The molecule has 0 amide bonds. The molecule has 5 nitrogen and oxygen atoms in total. The van der Waals surface area contributed by atoms with Gasteiger partial charge in [0.2, 0.25) is 0 Å². The molecule has 0 aromatic heterocycles. The number of para-hydroxylation sites is 1. The number of aromatic carboxylic acids is 1. The van der Waals surface area contributed by atoms with Crippen molar-refractivity contribution >= 4 is 39.4 Å². The molecule has 1 unspecified atom stereocenters. The van der Waals surface area contributed by atoms with Gasteiger partial charge in [0.05, 0.1) is 16.9 Å². The van der Waals surface area contributed by atoms with Gasteiger partial charge in [0.1, 0.15) is 0 Å².